The molecule has 0 radical (unpaired) electrons. The summed E-state index contributed by atoms with van der Waals surface area (Å²) < 4.78 is 37.1. The van der Waals surface area contributed by atoms with Gasteiger partial charge in [0, 0.05) is 7.11 Å². The SMILES string of the molecule is COC[C@@H](Cn1cnc2c(=O)[nH]c(N)nc21)OCP(=O)(N[C@@H](C)C(=O)OC(C)C)N[C@@H](C)C(=O)OC(C)C. The number of imidazole rings is 1. The van der Waals surface area contributed by atoms with E-state index in [4.69, 9.17) is 24.7 Å². The van der Waals surface area contributed by atoms with Gasteiger partial charge in [-0.3, -0.25) is 23.9 Å². The second-order valence-corrected chi connectivity index (χ2v) is 11.6. The van der Waals surface area contributed by atoms with Crippen molar-refractivity contribution in [2.75, 3.05) is 25.8 Å². The first-order valence-electron chi connectivity index (χ1n) is 12.1. The van der Waals surface area contributed by atoms with Gasteiger partial charge in [-0.05, 0) is 41.5 Å². The van der Waals surface area contributed by atoms with E-state index >= 15 is 0 Å². The van der Waals surface area contributed by atoms with Crippen molar-refractivity contribution in [3.63, 3.8) is 0 Å². The van der Waals surface area contributed by atoms with Crippen LogP contribution in [0, 0.1) is 0 Å². The summed E-state index contributed by atoms with van der Waals surface area (Å²) in [5.41, 5.74) is 5.52. The molecule has 0 bridgehead atoms. The standard InChI is InChI=1S/C22H38N7O8P/c1-12(2)36-20(31)14(5)27-38(33,28-15(6)21(32)37-13(3)4)11-35-16(9-34-7)8-29-10-24-17-18(29)25-22(23)26-19(17)30/h10,12-16H,8-9,11H2,1-7H3,(H2,27,28,33)(H3,23,25,26,30)/t14-,15-,16+/m0/s1. The van der Waals surface area contributed by atoms with Gasteiger partial charge in [-0.15, -0.1) is 0 Å². The summed E-state index contributed by atoms with van der Waals surface area (Å²) >= 11 is 0. The fraction of sp³-hybridized carbons (Fsp3) is 0.682. The fourth-order valence-electron chi connectivity index (χ4n) is 3.39. The molecular weight excluding hydrogens is 521 g/mol. The number of hydrogen-bond acceptors (Lipinski definition) is 11. The molecule has 0 aliphatic rings. The number of aromatic nitrogens is 4. The largest absolute Gasteiger partial charge is 0.462 e. The van der Waals surface area contributed by atoms with Crippen LogP contribution in [0.5, 0.6) is 0 Å². The number of hydrogen-bond donors (Lipinski definition) is 4. The minimum Gasteiger partial charge on any atom is -0.462 e. The fourth-order valence-corrected chi connectivity index (χ4v) is 5.49. The molecule has 0 aromatic carbocycles. The van der Waals surface area contributed by atoms with Gasteiger partial charge in [-0.2, -0.15) is 4.98 Å². The summed E-state index contributed by atoms with van der Waals surface area (Å²) in [6, 6.07) is -1.96. The van der Waals surface area contributed by atoms with Gasteiger partial charge in [0.2, 0.25) is 13.4 Å². The molecule has 0 saturated heterocycles. The Balaban J connectivity index is 2.24. The average molecular weight is 560 g/mol. The van der Waals surface area contributed by atoms with E-state index < -0.39 is 49.5 Å². The molecule has 5 N–H and O–H groups in total. The highest BCUT2D eigenvalue weighted by molar-refractivity contribution is 7.59. The van der Waals surface area contributed by atoms with E-state index in [2.05, 4.69) is 25.1 Å². The van der Waals surface area contributed by atoms with Crippen LogP contribution in [0.2, 0.25) is 0 Å². The van der Waals surface area contributed by atoms with Crippen LogP contribution in [-0.4, -0.2) is 81.9 Å². The maximum absolute atomic E-state index is 13.9. The molecule has 15 nitrogen and oxygen atoms in total. The maximum Gasteiger partial charge on any atom is 0.323 e. The van der Waals surface area contributed by atoms with Crippen LogP contribution in [0.3, 0.4) is 0 Å². The number of esters is 2. The summed E-state index contributed by atoms with van der Waals surface area (Å²) in [6.07, 6.45) is -0.458. The number of nitrogens with one attached hydrogen (secondary N) is 3. The van der Waals surface area contributed by atoms with Gasteiger partial charge in [-0.25, -0.2) is 15.2 Å². The lowest BCUT2D eigenvalue weighted by Gasteiger charge is -2.28. The Kier molecular flexibility index (Phi) is 11.4. The van der Waals surface area contributed by atoms with Crippen LogP contribution >= 0.6 is 7.44 Å². The van der Waals surface area contributed by atoms with Crippen molar-refractivity contribution in [1.82, 2.24) is 29.7 Å². The second-order valence-electron chi connectivity index (χ2n) is 9.31. The molecule has 16 heteroatoms. The zero-order chi connectivity index (χ0) is 28.6. The highest BCUT2D eigenvalue weighted by Gasteiger charge is 2.33. The number of anilines is 1. The van der Waals surface area contributed by atoms with E-state index in [1.807, 2.05) is 0 Å². The van der Waals surface area contributed by atoms with Gasteiger partial charge in [0.05, 0.1) is 37.8 Å². The topological polar surface area (TPSA) is 202 Å². The summed E-state index contributed by atoms with van der Waals surface area (Å²) in [7, 11) is -2.29. The van der Waals surface area contributed by atoms with Gasteiger partial charge in [0.1, 0.15) is 18.4 Å². The normalized spacial score (nSPS) is 14.6. The third-order valence-corrected chi connectivity index (χ3v) is 7.07. The number of rotatable bonds is 15. The number of aromatic amines is 1. The Bertz CT molecular complexity index is 1160. The first-order valence-corrected chi connectivity index (χ1v) is 14.0. The zero-order valence-corrected chi connectivity index (χ0v) is 23.6. The Morgan fingerprint density at radius 3 is 2.13 bits per heavy atom. The average Bonchev–Trinajstić information content (AvgIpc) is 3.19. The van der Waals surface area contributed by atoms with Crippen LogP contribution < -0.4 is 21.5 Å². The quantitative estimate of drug-likeness (QED) is 0.176. The smallest absolute Gasteiger partial charge is 0.323 e. The molecule has 0 amide bonds. The Hall–Kier alpha value is -2.84. The Morgan fingerprint density at radius 1 is 1.08 bits per heavy atom. The Morgan fingerprint density at radius 2 is 1.63 bits per heavy atom. The number of nitrogens with two attached hydrogens (primary N) is 1. The van der Waals surface area contributed by atoms with Gasteiger partial charge in [0.25, 0.3) is 5.56 Å². The van der Waals surface area contributed by atoms with E-state index in [1.54, 1.807) is 32.3 Å². The minimum atomic E-state index is -3.75. The van der Waals surface area contributed by atoms with Crippen molar-refractivity contribution in [3.05, 3.63) is 16.7 Å². The molecule has 2 heterocycles. The number of nitrogens with zero attached hydrogens (tertiary/aromatic N) is 3. The van der Waals surface area contributed by atoms with Crippen molar-refractivity contribution < 1.29 is 33.1 Å². The molecule has 2 aromatic rings. The molecule has 0 aliphatic carbocycles. The second kappa shape index (κ2) is 13.8. The first-order chi connectivity index (χ1) is 17.7. The molecule has 0 unspecified atom stereocenters. The van der Waals surface area contributed by atoms with Crippen LogP contribution in [0.4, 0.5) is 5.95 Å². The summed E-state index contributed by atoms with van der Waals surface area (Å²) in [6.45, 7) is 9.97. The van der Waals surface area contributed by atoms with Gasteiger partial charge < -0.3 is 29.2 Å². The third-order valence-electron chi connectivity index (χ3n) is 4.95. The molecular formula is C22H38N7O8P. The summed E-state index contributed by atoms with van der Waals surface area (Å²) in [5, 5.41) is 5.48. The Labute approximate surface area is 220 Å². The molecule has 0 aliphatic heterocycles. The van der Waals surface area contributed by atoms with Crippen LogP contribution in [0.25, 0.3) is 11.2 Å². The van der Waals surface area contributed by atoms with Crippen LogP contribution in [0.15, 0.2) is 11.1 Å². The lowest BCUT2D eigenvalue weighted by atomic mass is 10.3. The number of H-pyrrole nitrogens is 1. The lowest BCUT2D eigenvalue weighted by Crippen LogP contribution is -2.44. The predicted octanol–water partition coefficient (Wildman–Crippen LogP) is 0.743. The lowest BCUT2D eigenvalue weighted by molar-refractivity contribution is -0.149. The van der Waals surface area contributed by atoms with Crippen molar-refractivity contribution in [2.24, 2.45) is 0 Å². The minimum absolute atomic E-state index is 0.0732. The van der Waals surface area contributed by atoms with Crippen molar-refractivity contribution >= 4 is 36.5 Å². The number of nitrogen functional groups attached to an aromatic ring is 1. The molecule has 0 fully saturated rings. The number of carbonyl (C=O) groups excluding carboxylic acids is 2. The molecule has 0 spiro atoms. The maximum atomic E-state index is 13.9. The zero-order valence-electron chi connectivity index (χ0n) is 22.7. The van der Waals surface area contributed by atoms with Crippen molar-refractivity contribution in [2.45, 2.75) is 78.5 Å². The third kappa shape index (κ3) is 9.17. The molecule has 2 rings (SSSR count). The highest BCUT2D eigenvalue weighted by atomic mass is 31.2. The van der Waals surface area contributed by atoms with Crippen molar-refractivity contribution in [1.29, 1.82) is 0 Å². The van der Waals surface area contributed by atoms with E-state index in [0.29, 0.717) is 0 Å². The predicted molar refractivity (Wildman–Crippen MR) is 139 cm³/mol. The number of fused-ring (bicyclic) bond motifs is 1. The van der Waals surface area contributed by atoms with Crippen LogP contribution in [0.1, 0.15) is 41.5 Å². The van der Waals surface area contributed by atoms with Crippen LogP contribution in [-0.2, 0) is 39.6 Å². The first kappa shape index (κ1) is 31.4. The summed E-state index contributed by atoms with van der Waals surface area (Å²) in [5.74, 6) is -1.31. The monoisotopic (exact) mass is 559 g/mol. The number of carbonyl (C=O) groups is 2. The van der Waals surface area contributed by atoms with Gasteiger partial charge >= 0.3 is 11.9 Å². The molecule has 3 atom stereocenters. The van der Waals surface area contributed by atoms with E-state index in [9.17, 15) is 18.9 Å². The molecule has 38 heavy (non-hydrogen) atoms. The molecule has 214 valence electrons. The molecule has 2 aromatic heterocycles. The van der Waals surface area contributed by atoms with E-state index in [1.165, 1.54) is 27.3 Å². The van der Waals surface area contributed by atoms with Gasteiger partial charge in [-0.1, -0.05) is 0 Å². The van der Waals surface area contributed by atoms with E-state index in [-0.39, 0.29) is 42.5 Å². The number of ether oxygens (including phenoxy) is 4. The highest BCUT2D eigenvalue weighted by Crippen LogP contribution is 2.38. The van der Waals surface area contributed by atoms with Crippen molar-refractivity contribution in [3.8, 4) is 0 Å². The molecule has 0 saturated carbocycles. The van der Waals surface area contributed by atoms with E-state index in [0.717, 1.165) is 0 Å². The van der Waals surface area contributed by atoms with Gasteiger partial charge in [0.15, 0.2) is 11.2 Å². The number of methoxy groups -OCH3 is 1. The summed E-state index contributed by atoms with van der Waals surface area (Å²) in [4.78, 5) is 47.4.